The highest BCUT2D eigenvalue weighted by Gasteiger charge is 2.00. The van der Waals surface area contributed by atoms with Crippen LogP contribution in [-0.4, -0.2) is 25.7 Å². The van der Waals surface area contributed by atoms with E-state index in [4.69, 9.17) is 5.73 Å². The SMILES string of the molecule is CNC(=O)N[C@H](C)CN. The van der Waals surface area contributed by atoms with Gasteiger partial charge in [0.2, 0.25) is 0 Å². The fourth-order valence-electron chi connectivity index (χ4n) is 0.355. The molecule has 9 heavy (non-hydrogen) atoms. The number of hydrogen-bond donors (Lipinski definition) is 3. The minimum absolute atomic E-state index is 0.0462. The van der Waals surface area contributed by atoms with Crippen LogP contribution in [0.1, 0.15) is 6.92 Å². The molecule has 4 nitrogen and oxygen atoms in total. The number of urea groups is 1. The first-order valence-electron chi connectivity index (χ1n) is 2.89. The van der Waals surface area contributed by atoms with E-state index in [1.165, 1.54) is 0 Å². The molecule has 0 fully saturated rings. The maximum Gasteiger partial charge on any atom is 0.314 e. The van der Waals surface area contributed by atoms with Crippen LogP contribution in [0, 0.1) is 0 Å². The lowest BCUT2D eigenvalue weighted by Crippen LogP contribution is -2.42. The van der Waals surface area contributed by atoms with E-state index in [0.29, 0.717) is 6.54 Å². The predicted molar refractivity (Wildman–Crippen MR) is 36.1 cm³/mol. The molecule has 0 saturated carbocycles. The van der Waals surface area contributed by atoms with E-state index in [0.717, 1.165) is 0 Å². The van der Waals surface area contributed by atoms with Crippen LogP contribution in [0.25, 0.3) is 0 Å². The van der Waals surface area contributed by atoms with E-state index in [9.17, 15) is 4.79 Å². The van der Waals surface area contributed by atoms with Crippen LogP contribution in [0.4, 0.5) is 4.79 Å². The molecule has 0 aliphatic heterocycles. The Labute approximate surface area is 54.8 Å². The second-order valence-corrected chi connectivity index (χ2v) is 1.86. The monoisotopic (exact) mass is 131 g/mol. The van der Waals surface area contributed by atoms with E-state index < -0.39 is 0 Å². The third kappa shape index (κ3) is 3.78. The Hall–Kier alpha value is -0.770. The van der Waals surface area contributed by atoms with E-state index in [1.54, 1.807) is 7.05 Å². The summed E-state index contributed by atoms with van der Waals surface area (Å²) in [5.41, 5.74) is 5.23. The Morgan fingerprint density at radius 1 is 1.78 bits per heavy atom. The number of hydrogen-bond acceptors (Lipinski definition) is 2. The van der Waals surface area contributed by atoms with Gasteiger partial charge in [-0.3, -0.25) is 0 Å². The zero-order valence-corrected chi connectivity index (χ0v) is 5.77. The molecule has 54 valence electrons. The molecule has 0 saturated heterocycles. The Kier molecular flexibility index (Phi) is 3.79. The summed E-state index contributed by atoms with van der Waals surface area (Å²) in [5, 5.41) is 5.03. The quantitative estimate of drug-likeness (QED) is 0.462. The second-order valence-electron chi connectivity index (χ2n) is 1.86. The van der Waals surface area contributed by atoms with Gasteiger partial charge in [-0.2, -0.15) is 0 Å². The van der Waals surface area contributed by atoms with Crippen molar-refractivity contribution in [3.63, 3.8) is 0 Å². The molecule has 4 N–H and O–H groups in total. The van der Waals surface area contributed by atoms with Gasteiger partial charge in [-0.15, -0.1) is 0 Å². The second kappa shape index (κ2) is 4.14. The summed E-state index contributed by atoms with van der Waals surface area (Å²) in [4.78, 5) is 10.5. The molecule has 0 heterocycles. The van der Waals surface area contributed by atoms with Crippen molar-refractivity contribution in [2.75, 3.05) is 13.6 Å². The Morgan fingerprint density at radius 2 is 2.33 bits per heavy atom. The molecule has 4 heteroatoms. The molecule has 0 aliphatic rings. The number of nitrogens with one attached hydrogen (secondary N) is 2. The highest BCUT2D eigenvalue weighted by atomic mass is 16.2. The zero-order chi connectivity index (χ0) is 7.28. The first-order chi connectivity index (χ1) is 4.20. The number of carbonyl (C=O) groups is 1. The van der Waals surface area contributed by atoms with Crippen molar-refractivity contribution < 1.29 is 4.79 Å². The van der Waals surface area contributed by atoms with E-state index in [-0.39, 0.29) is 12.1 Å². The van der Waals surface area contributed by atoms with E-state index >= 15 is 0 Å². The van der Waals surface area contributed by atoms with Crippen LogP contribution < -0.4 is 16.4 Å². The molecule has 0 rings (SSSR count). The number of carbonyl (C=O) groups excluding carboxylic acids is 1. The van der Waals surface area contributed by atoms with Gasteiger partial charge < -0.3 is 16.4 Å². The van der Waals surface area contributed by atoms with Gasteiger partial charge in [0, 0.05) is 19.6 Å². The van der Waals surface area contributed by atoms with Crippen LogP contribution in [-0.2, 0) is 0 Å². The van der Waals surface area contributed by atoms with Gasteiger partial charge in [0.1, 0.15) is 0 Å². The van der Waals surface area contributed by atoms with Crippen LogP contribution in [0.15, 0.2) is 0 Å². The lowest BCUT2D eigenvalue weighted by molar-refractivity contribution is 0.240. The van der Waals surface area contributed by atoms with Crippen molar-refractivity contribution in [2.24, 2.45) is 5.73 Å². The standard InChI is InChI=1S/C5H13N3O/c1-4(3-6)8-5(9)7-2/h4H,3,6H2,1-2H3,(H2,7,8,9)/t4-/m1/s1. The molecular weight excluding hydrogens is 118 g/mol. The van der Waals surface area contributed by atoms with Gasteiger partial charge in [-0.1, -0.05) is 0 Å². The Morgan fingerprint density at radius 3 is 2.67 bits per heavy atom. The summed E-state index contributed by atoms with van der Waals surface area (Å²) in [6, 6.07) is -0.141. The van der Waals surface area contributed by atoms with Crippen molar-refractivity contribution in [3.8, 4) is 0 Å². The lowest BCUT2D eigenvalue weighted by atomic mass is 10.3. The predicted octanol–water partition coefficient (Wildman–Crippen LogP) is -0.737. The minimum Gasteiger partial charge on any atom is -0.341 e. The fourth-order valence-corrected chi connectivity index (χ4v) is 0.355. The maximum absolute atomic E-state index is 10.5. The lowest BCUT2D eigenvalue weighted by Gasteiger charge is -2.09. The van der Waals surface area contributed by atoms with Crippen LogP contribution in [0.3, 0.4) is 0 Å². The molecule has 2 amide bonds. The third-order valence-corrected chi connectivity index (χ3v) is 0.958. The molecule has 0 spiro atoms. The fraction of sp³-hybridized carbons (Fsp3) is 0.800. The normalized spacial score (nSPS) is 12.3. The van der Waals surface area contributed by atoms with Crippen LogP contribution in [0.2, 0.25) is 0 Å². The average molecular weight is 131 g/mol. The van der Waals surface area contributed by atoms with Gasteiger partial charge in [-0.05, 0) is 6.92 Å². The average Bonchev–Trinajstić information content (AvgIpc) is 1.87. The molecule has 0 radical (unpaired) electrons. The summed E-state index contributed by atoms with van der Waals surface area (Å²) in [7, 11) is 1.57. The molecule has 0 aromatic rings. The largest absolute Gasteiger partial charge is 0.341 e. The zero-order valence-electron chi connectivity index (χ0n) is 5.77. The Balaban J connectivity index is 3.34. The highest BCUT2D eigenvalue weighted by Crippen LogP contribution is 1.73. The highest BCUT2D eigenvalue weighted by molar-refractivity contribution is 5.73. The summed E-state index contributed by atoms with van der Waals surface area (Å²) >= 11 is 0. The molecule has 0 unspecified atom stereocenters. The van der Waals surface area contributed by atoms with E-state index in [1.807, 2.05) is 6.92 Å². The number of rotatable bonds is 2. The number of amides is 2. The molecule has 0 aromatic heterocycles. The molecular formula is C5H13N3O. The molecule has 0 bridgehead atoms. The minimum atomic E-state index is -0.187. The van der Waals surface area contributed by atoms with Gasteiger partial charge in [0.25, 0.3) is 0 Å². The maximum atomic E-state index is 10.5. The van der Waals surface area contributed by atoms with Crippen molar-refractivity contribution in [1.29, 1.82) is 0 Å². The topological polar surface area (TPSA) is 67.2 Å². The van der Waals surface area contributed by atoms with Gasteiger partial charge >= 0.3 is 6.03 Å². The third-order valence-electron chi connectivity index (χ3n) is 0.958. The molecule has 1 atom stereocenters. The smallest absolute Gasteiger partial charge is 0.314 e. The van der Waals surface area contributed by atoms with Gasteiger partial charge in [-0.25, -0.2) is 4.79 Å². The number of nitrogens with two attached hydrogens (primary N) is 1. The molecule has 0 aromatic carbocycles. The first-order valence-corrected chi connectivity index (χ1v) is 2.89. The summed E-state index contributed by atoms with van der Waals surface area (Å²) in [6.45, 7) is 2.31. The van der Waals surface area contributed by atoms with Crippen molar-refractivity contribution in [1.82, 2.24) is 10.6 Å². The van der Waals surface area contributed by atoms with Crippen LogP contribution in [0.5, 0.6) is 0 Å². The van der Waals surface area contributed by atoms with Crippen LogP contribution >= 0.6 is 0 Å². The van der Waals surface area contributed by atoms with Gasteiger partial charge in [0.15, 0.2) is 0 Å². The Bertz CT molecular complexity index is 94.2. The van der Waals surface area contributed by atoms with E-state index in [2.05, 4.69) is 10.6 Å². The van der Waals surface area contributed by atoms with Crippen molar-refractivity contribution in [2.45, 2.75) is 13.0 Å². The van der Waals surface area contributed by atoms with Gasteiger partial charge in [0.05, 0.1) is 0 Å². The first kappa shape index (κ1) is 8.23. The summed E-state index contributed by atoms with van der Waals surface area (Å²) < 4.78 is 0. The summed E-state index contributed by atoms with van der Waals surface area (Å²) in [5.74, 6) is 0. The van der Waals surface area contributed by atoms with Crippen molar-refractivity contribution >= 4 is 6.03 Å². The summed E-state index contributed by atoms with van der Waals surface area (Å²) in [6.07, 6.45) is 0. The molecule has 0 aliphatic carbocycles. The van der Waals surface area contributed by atoms with Crippen molar-refractivity contribution in [3.05, 3.63) is 0 Å².